The zero-order chi connectivity index (χ0) is 13.4. The number of hydrogen-bond acceptors (Lipinski definition) is 3. The van der Waals surface area contributed by atoms with E-state index in [9.17, 15) is 8.78 Å². The second-order valence-corrected chi connectivity index (χ2v) is 4.41. The summed E-state index contributed by atoms with van der Waals surface area (Å²) in [6, 6.07) is 2.46. The molecule has 0 atom stereocenters. The minimum Gasteiger partial charge on any atom is -0.489 e. The van der Waals surface area contributed by atoms with Crippen LogP contribution in [0.15, 0.2) is 16.6 Å². The maximum Gasteiger partial charge on any atom is 0.200 e. The van der Waals surface area contributed by atoms with Crippen LogP contribution in [-0.2, 0) is 4.74 Å². The standard InChI is InChI=1S/C12H16BrF2NO2/c1-2-17-5-3-16-4-6-18-11-8-9(13)7-10(14)12(11)15/h7-8,16H,2-6H2,1H3. The lowest BCUT2D eigenvalue weighted by atomic mass is 10.3. The Morgan fingerprint density at radius 3 is 2.67 bits per heavy atom. The van der Waals surface area contributed by atoms with Gasteiger partial charge in [-0.2, -0.15) is 4.39 Å². The molecule has 0 amide bonds. The summed E-state index contributed by atoms with van der Waals surface area (Å²) < 4.78 is 37.1. The summed E-state index contributed by atoms with van der Waals surface area (Å²) in [6.07, 6.45) is 0. The first-order valence-electron chi connectivity index (χ1n) is 5.71. The molecule has 0 heterocycles. The fraction of sp³-hybridized carbons (Fsp3) is 0.500. The zero-order valence-corrected chi connectivity index (χ0v) is 11.7. The lowest BCUT2D eigenvalue weighted by Gasteiger charge is -2.09. The lowest BCUT2D eigenvalue weighted by Crippen LogP contribution is -2.25. The smallest absolute Gasteiger partial charge is 0.200 e. The molecule has 0 aliphatic carbocycles. The molecule has 1 aromatic carbocycles. The van der Waals surface area contributed by atoms with E-state index in [4.69, 9.17) is 9.47 Å². The van der Waals surface area contributed by atoms with Crippen LogP contribution in [0, 0.1) is 11.6 Å². The van der Waals surface area contributed by atoms with Gasteiger partial charge in [-0.05, 0) is 19.1 Å². The Balaban J connectivity index is 2.27. The molecule has 0 aromatic heterocycles. The average molecular weight is 324 g/mol. The minimum atomic E-state index is -0.965. The lowest BCUT2D eigenvalue weighted by molar-refractivity contribution is 0.148. The van der Waals surface area contributed by atoms with Crippen LogP contribution in [-0.4, -0.2) is 32.9 Å². The predicted octanol–water partition coefficient (Wildman–Crippen LogP) is 2.73. The van der Waals surface area contributed by atoms with Crippen molar-refractivity contribution in [3.8, 4) is 5.75 Å². The fourth-order valence-corrected chi connectivity index (χ4v) is 1.69. The number of benzene rings is 1. The summed E-state index contributed by atoms with van der Waals surface area (Å²) in [6.45, 7) is 4.73. The molecule has 102 valence electrons. The first-order valence-corrected chi connectivity index (χ1v) is 6.50. The molecule has 0 saturated heterocycles. The van der Waals surface area contributed by atoms with E-state index in [0.29, 0.717) is 30.8 Å². The molecule has 6 heteroatoms. The molecule has 0 spiro atoms. The average Bonchev–Trinajstić information content (AvgIpc) is 2.33. The Labute approximate surface area is 114 Å². The van der Waals surface area contributed by atoms with E-state index in [-0.39, 0.29) is 12.4 Å². The highest BCUT2D eigenvalue weighted by Gasteiger charge is 2.10. The normalized spacial score (nSPS) is 10.7. The zero-order valence-electron chi connectivity index (χ0n) is 10.1. The number of halogens is 3. The third kappa shape index (κ3) is 5.29. The molecule has 0 saturated carbocycles. The summed E-state index contributed by atoms with van der Waals surface area (Å²) >= 11 is 3.08. The van der Waals surface area contributed by atoms with Gasteiger partial charge in [0.2, 0.25) is 5.82 Å². The number of nitrogens with one attached hydrogen (secondary N) is 1. The SMILES string of the molecule is CCOCCNCCOc1cc(Br)cc(F)c1F. The van der Waals surface area contributed by atoms with Crippen LogP contribution in [0.3, 0.4) is 0 Å². The third-order valence-corrected chi connectivity index (χ3v) is 2.58. The molecule has 1 rings (SSSR count). The predicted molar refractivity (Wildman–Crippen MR) is 68.9 cm³/mol. The Hall–Kier alpha value is -0.720. The summed E-state index contributed by atoms with van der Waals surface area (Å²) in [5.74, 6) is -1.98. The Morgan fingerprint density at radius 2 is 1.94 bits per heavy atom. The fourth-order valence-electron chi connectivity index (χ4n) is 1.28. The number of ether oxygens (including phenoxy) is 2. The van der Waals surface area contributed by atoms with Crippen LogP contribution in [0.2, 0.25) is 0 Å². The van der Waals surface area contributed by atoms with E-state index in [0.717, 1.165) is 6.07 Å². The summed E-state index contributed by atoms with van der Waals surface area (Å²) in [4.78, 5) is 0. The third-order valence-electron chi connectivity index (χ3n) is 2.12. The van der Waals surface area contributed by atoms with Gasteiger partial charge >= 0.3 is 0 Å². The van der Waals surface area contributed by atoms with E-state index in [1.54, 1.807) is 0 Å². The maximum atomic E-state index is 13.3. The van der Waals surface area contributed by atoms with E-state index in [1.807, 2.05) is 6.92 Å². The van der Waals surface area contributed by atoms with Crippen molar-refractivity contribution in [3.05, 3.63) is 28.2 Å². The summed E-state index contributed by atoms with van der Waals surface area (Å²) in [5, 5.41) is 3.06. The monoisotopic (exact) mass is 323 g/mol. The molecule has 0 bridgehead atoms. The van der Waals surface area contributed by atoms with Crippen LogP contribution in [0.1, 0.15) is 6.92 Å². The van der Waals surface area contributed by atoms with E-state index >= 15 is 0 Å². The molecule has 1 aromatic rings. The highest BCUT2D eigenvalue weighted by Crippen LogP contribution is 2.25. The summed E-state index contributed by atoms with van der Waals surface area (Å²) in [7, 11) is 0. The van der Waals surface area contributed by atoms with Gasteiger partial charge in [0.05, 0.1) is 6.61 Å². The quantitative estimate of drug-likeness (QED) is 0.589. The molecule has 0 aliphatic rings. The van der Waals surface area contributed by atoms with Crippen molar-refractivity contribution in [2.45, 2.75) is 6.92 Å². The molecule has 1 N–H and O–H groups in total. The van der Waals surface area contributed by atoms with Crippen molar-refractivity contribution < 1.29 is 18.3 Å². The van der Waals surface area contributed by atoms with Gasteiger partial charge in [0.1, 0.15) is 6.61 Å². The number of rotatable bonds is 8. The van der Waals surface area contributed by atoms with Crippen molar-refractivity contribution >= 4 is 15.9 Å². The van der Waals surface area contributed by atoms with Crippen molar-refractivity contribution in [1.82, 2.24) is 5.32 Å². The van der Waals surface area contributed by atoms with Gasteiger partial charge in [-0.1, -0.05) is 15.9 Å². The molecule has 0 radical (unpaired) electrons. The van der Waals surface area contributed by atoms with Crippen LogP contribution >= 0.6 is 15.9 Å². The van der Waals surface area contributed by atoms with Crippen molar-refractivity contribution in [3.63, 3.8) is 0 Å². The molecule has 3 nitrogen and oxygen atoms in total. The van der Waals surface area contributed by atoms with Gasteiger partial charge in [-0.25, -0.2) is 4.39 Å². The first-order chi connectivity index (χ1) is 8.65. The van der Waals surface area contributed by atoms with Crippen LogP contribution in [0.4, 0.5) is 8.78 Å². The van der Waals surface area contributed by atoms with E-state index < -0.39 is 11.6 Å². The van der Waals surface area contributed by atoms with Gasteiger partial charge in [0.25, 0.3) is 0 Å². The van der Waals surface area contributed by atoms with Crippen LogP contribution in [0.25, 0.3) is 0 Å². The molecular weight excluding hydrogens is 308 g/mol. The molecule has 0 fully saturated rings. The van der Waals surface area contributed by atoms with Gasteiger partial charge in [-0.15, -0.1) is 0 Å². The van der Waals surface area contributed by atoms with Crippen molar-refractivity contribution in [1.29, 1.82) is 0 Å². The largest absolute Gasteiger partial charge is 0.489 e. The van der Waals surface area contributed by atoms with Crippen LogP contribution in [0.5, 0.6) is 5.75 Å². The molecular formula is C12H16BrF2NO2. The first kappa shape index (κ1) is 15.3. The molecule has 0 unspecified atom stereocenters. The highest BCUT2D eigenvalue weighted by atomic mass is 79.9. The second kappa shape index (κ2) is 8.39. The second-order valence-electron chi connectivity index (χ2n) is 3.50. The van der Waals surface area contributed by atoms with E-state index in [2.05, 4.69) is 21.2 Å². The molecule has 0 aliphatic heterocycles. The highest BCUT2D eigenvalue weighted by molar-refractivity contribution is 9.10. The van der Waals surface area contributed by atoms with Crippen molar-refractivity contribution in [2.75, 3.05) is 32.9 Å². The maximum absolute atomic E-state index is 13.3. The Kier molecular flexibility index (Phi) is 7.15. The van der Waals surface area contributed by atoms with Gasteiger partial charge in [-0.3, -0.25) is 0 Å². The summed E-state index contributed by atoms with van der Waals surface area (Å²) in [5.41, 5.74) is 0. The van der Waals surface area contributed by atoms with Gasteiger partial charge in [0, 0.05) is 24.2 Å². The molecule has 18 heavy (non-hydrogen) atoms. The topological polar surface area (TPSA) is 30.5 Å². The number of hydrogen-bond donors (Lipinski definition) is 1. The Morgan fingerprint density at radius 1 is 1.22 bits per heavy atom. The van der Waals surface area contributed by atoms with Crippen molar-refractivity contribution in [2.24, 2.45) is 0 Å². The van der Waals surface area contributed by atoms with Gasteiger partial charge in [0.15, 0.2) is 11.6 Å². The van der Waals surface area contributed by atoms with Gasteiger partial charge < -0.3 is 14.8 Å². The minimum absolute atomic E-state index is 0.0894. The van der Waals surface area contributed by atoms with Crippen LogP contribution < -0.4 is 10.1 Å². The van der Waals surface area contributed by atoms with E-state index in [1.165, 1.54) is 6.07 Å². The Bertz CT molecular complexity index is 377.